The molecule has 0 saturated carbocycles. The lowest BCUT2D eigenvalue weighted by molar-refractivity contribution is -0.394. The van der Waals surface area contributed by atoms with Crippen LogP contribution < -0.4 is 4.90 Å². The standard InChI is InChI=1S/C10H9ClN6O3/c1-6(18)15(2)8-5-16(14-9(8)11)7-3-12-10(13-4-7)17(19)20/h3-5H,1-2H3. The lowest BCUT2D eigenvalue weighted by atomic mass is 10.4. The predicted octanol–water partition coefficient (Wildman–Crippen LogP) is 1.21. The number of anilines is 1. The number of nitro groups is 1. The monoisotopic (exact) mass is 296 g/mol. The van der Waals surface area contributed by atoms with Crippen molar-refractivity contribution in [3.05, 3.63) is 33.9 Å². The van der Waals surface area contributed by atoms with Crippen LogP contribution in [0.5, 0.6) is 0 Å². The van der Waals surface area contributed by atoms with Crippen LogP contribution in [-0.4, -0.2) is 37.6 Å². The van der Waals surface area contributed by atoms with Crippen LogP contribution >= 0.6 is 11.6 Å². The minimum atomic E-state index is -0.700. The molecule has 0 radical (unpaired) electrons. The van der Waals surface area contributed by atoms with Crippen molar-refractivity contribution < 1.29 is 9.72 Å². The highest BCUT2D eigenvalue weighted by Crippen LogP contribution is 2.24. The first-order valence-electron chi connectivity index (χ1n) is 5.36. The molecule has 0 unspecified atom stereocenters. The second kappa shape index (κ2) is 5.21. The first-order valence-corrected chi connectivity index (χ1v) is 5.74. The van der Waals surface area contributed by atoms with Crippen molar-refractivity contribution in [3.8, 4) is 5.69 Å². The molecular formula is C10H9ClN6O3. The van der Waals surface area contributed by atoms with Crippen LogP contribution in [0.2, 0.25) is 5.15 Å². The largest absolute Gasteiger partial charge is 0.468 e. The molecule has 20 heavy (non-hydrogen) atoms. The van der Waals surface area contributed by atoms with Gasteiger partial charge in [-0.15, -0.1) is 0 Å². The zero-order valence-electron chi connectivity index (χ0n) is 10.5. The number of aromatic nitrogens is 4. The van der Waals surface area contributed by atoms with Crippen LogP contribution in [0.25, 0.3) is 5.69 Å². The van der Waals surface area contributed by atoms with Gasteiger partial charge in [0.25, 0.3) is 0 Å². The minimum Gasteiger partial charge on any atom is -0.390 e. The molecule has 0 aliphatic heterocycles. The minimum absolute atomic E-state index is 0.126. The summed E-state index contributed by atoms with van der Waals surface area (Å²) in [4.78, 5) is 29.5. The van der Waals surface area contributed by atoms with Crippen molar-refractivity contribution >= 4 is 29.1 Å². The van der Waals surface area contributed by atoms with E-state index >= 15 is 0 Å². The molecule has 0 atom stereocenters. The number of halogens is 1. The Balaban J connectivity index is 2.36. The smallest absolute Gasteiger partial charge is 0.390 e. The van der Waals surface area contributed by atoms with E-state index in [0.29, 0.717) is 11.4 Å². The van der Waals surface area contributed by atoms with Gasteiger partial charge >= 0.3 is 5.95 Å². The van der Waals surface area contributed by atoms with Gasteiger partial charge in [-0.3, -0.25) is 4.79 Å². The summed E-state index contributed by atoms with van der Waals surface area (Å²) in [5.74, 6) is -0.709. The molecule has 0 aromatic carbocycles. The summed E-state index contributed by atoms with van der Waals surface area (Å²) in [6.07, 6.45) is 3.99. The Bertz CT molecular complexity index is 668. The van der Waals surface area contributed by atoms with Crippen LogP contribution in [0.3, 0.4) is 0 Å². The Morgan fingerprint density at radius 2 is 2.05 bits per heavy atom. The fourth-order valence-electron chi connectivity index (χ4n) is 1.40. The average Bonchev–Trinajstić information content (AvgIpc) is 2.80. The van der Waals surface area contributed by atoms with Crippen molar-refractivity contribution in [2.24, 2.45) is 0 Å². The summed E-state index contributed by atoms with van der Waals surface area (Å²) in [5, 5.41) is 14.6. The Hall–Kier alpha value is -2.55. The quantitative estimate of drug-likeness (QED) is 0.622. The fourth-order valence-corrected chi connectivity index (χ4v) is 1.65. The number of amides is 1. The summed E-state index contributed by atoms with van der Waals surface area (Å²) < 4.78 is 1.33. The molecule has 1 amide bonds. The van der Waals surface area contributed by atoms with E-state index in [1.807, 2.05) is 0 Å². The molecular weight excluding hydrogens is 288 g/mol. The number of nitrogens with zero attached hydrogens (tertiary/aromatic N) is 6. The van der Waals surface area contributed by atoms with Crippen molar-refractivity contribution in [1.29, 1.82) is 0 Å². The van der Waals surface area contributed by atoms with E-state index in [4.69, 9.17) is 11.6 Å². The third-order valence-electron chi connectivity index (χ3n) is 2.54. The Kier molecular flexibility index (Phi) is 3.61. The van der Waals surface area contributed by atoms with Crippen LogP contribution in [-0.2, 0) is 4.79 Å². The van der Waals surface area contributed by atoms with Crippen LogP contribution in [0.1, 0.15) is 6.92 Å². The lowest BCUT2D eigenvalue weighted by Gasteiger charge is -2.11. The number of hydrogen-bond donors (Lipinski definition) is 0. The average molecular weight is 297 g/mol. The predicted molar refractivity (Wildman–Crippen MR) is 69.9 cm³/mol. The van der Waals surface area contributed by atoms with Crippen LogP contribution in [0.15, 0.2) is 18.6 Å². The van der Waals surface area contributed by atoms with Crippen molar-refractivity contribution in [2.75, 3.05) is 11.9 Å². The molecule has 9 nitrogen and oxygen atoms in total. The van der Waals surface area contributed by atoms with E-state index < -0.39 is 10.9 Å². The van der Waals surface area contributed by atoms with E-state index in [1.54, 1.807) is 7.05 Å². The summed E-state index contributed by atoms with van der Waals surface area (Å²) in [7, 11) is 1.56. The van der Waals surface area contributed by atoms with Gasteiger partial charge in [0.2, 0.25) is 5.91 Å². The van der Waals surface area contributed by atoms with Crippen molar-refractivity contribution in [3.63, 3.8) is 0 Å². The highest BCUT2D eigenvalue weighted by atomic mass is 35.5. The van der Waals surface area contributed by atoms with E-state index in [-0.39, 0.29) is 11.1 Å². The SMILES string of the molecule is CC(=O)N(C)c1cn(-c2cnc([N+](=O)[O-])nc2)nc1Cl. The molecule has 0 aliphatic rings. The van der Waals surface area contributed by atoms with Crippen LogP contribution in [0.4, 0.5) is 11.6 Å². The molecule has 0 saturated heterocycles. The van der Waals surface area contributed by atoms with Gasteiger partial charge in [-0.25, -0.2) is 4.68 Å². The zero-order chi connectivity index (χ0) is 14.9. The second-order valence-electron chi connectivity index (χ2n) is 3.83. The van der Waals surface area contributed by atoms with Gasteiger partial charge in [-0.05, 0) is 4.92 Å². The maximum Gasteiger partial charge on any atom is 0.468 e. The molecule has 104 valence electrons. The number of carbonyl (C=O) groups is 1. The van der Waals surface area contributed by atoms with E-state index in [0.717, 1.165) is 0 Å². The van der Waals surface area contributed by atoms with Crippen molar-refractivity contribution in [1.82, 2.24) is 19.7 Å². The van der Waals surface area contributed by atoms with Crippen molar-refractivity contribution in [2.45, 2.75) is 6.92 Å². The Labute approximate surface area is 118 Å². The number of hydrogen-bond acceptors (Lipinski definition) is 6. The summed E-state index contributed by atoms with van der Waals surface area (Å²) in [5.41, 5.74) is 0.804. The molecule has 0 bridgehead atoms. The molecule has 0 aliphatic carbocycles. The van der Waals surface area contributed by atoms with Gasteiger partial charge < -0.3 is 15.0 Å². The van der Waals surface area contributed by atoms with E-state index in [1.165, 1.54) is 35.1 Å². The lowest BCUT2D eigenvalue weighted by Crippen LogP contribution is -2.22. The first-order chi connectivity index (χ1) is 9.40. The third kappa shape index (κ3) is 2.57. The molecule has 0 N–H and O–H groups in total. The molecule has 2 aromatic heterocycles. The highest BCUT2D eigenvalue weighted by Gasteiger charge is 2.17. The summed E-state index contributed by atoms with van der Waals surface area (Å²) in [6.45, 7) is 1.39. The molecule has 10 heteroatoms. The molecule has 0 spiro atoms. The maximum atomic E-state index is 11.3. The second-order valence-corrected chi connectivity index (χ2v) is 4.18. The maximum absolute atomic E-state index is 11.3. The van der Waals surface area contributed by atoms with Gasteiger partial charge in [0.15, 0.2) is 5.15 Å². The molecule has 2 rings (SSSR count). The number of rotatable bonds is 3. The first kappa shape index (κ1) is 13.9. The Morgan fingerprint density at radius 1 is 1.45 bits per heavy atom. The molecule has 2 heterocycles. The molecule has 2 aromatic rings. The zero-order valence-corrected chi connectivity index (χ0v) is 11.3. The normalized spacial score (nSPS) is 10.3. The number of carbonyl (C=O) groups excluding carboxylic acids is 1. The highest BCUT2D eigenvalue weighted by molar-refractivity contribution is 6.32. The van der Waals surface area contributed by atoms with Gasteiger partial charge in [-0.1, -0.05) is 21.6 Å². The summed E-state index contributed by atoms with van der Waals surface area (Å²) in [6, 6.07) is 0. The van der Waals surface area contributed by atoms with E-state index in [2.05, 4.69) is 15.1 Å². The van der Waals surface area contributed by atoms with Gasteiger partial charge in [0.05, 0.1) is 6.20 Å². The third-order valence-corrected chi connectivity index (χ3v) is 2.81. The van der Waals surface area contributed by atoms with Gasteiger partial charge in [0, 0.05) is 14.0 Å². The summed E-state index contributed by atoms with van der Waals surface area (Å²) >= 11 is 5.94. The Morgan fingerprint density at radius 3 is 2.55 bits per heavy atom. The fraction of sp³-hybridized carbons (Fsp3) is 0.200. The molecule has 0 fully saturated rings. The van der Waals surface area contributed by atoms with Gasteiger partial charge in [0.1, 0.15) is 23.8 Å². The van der Waals surface area contributed by atoms with Gasteiger partial charge in [-0.2, -0.15) is 5.10 Å². The topological polar surface area (TPSA) is 107 Å². The van der Waals surface area contributed by atoms with E-state index in [9.17, 15) is 14.9 Å². The van der Waals surface area contributed by atoms with Crippen LogP contribution in [0, 0.1) is 10.1 Å².